The Balaban J connectivity index is 2.75. The minimum atomic E-state index is -3.70. The van der Waals surface area contributed by atoms with Crippen LogP contribution in [0.25, 0.3) is 0 Å². The first-order chi connectivity index (χ1) is 9.64. The lowest BCUT2D eigenvalue weighted by Gasteiger charge is -2.20. The molecule has 1 amide bonds. The number of anilines is 1. The Labute approximate surface area is 128 Å². The summed E-state index contributed by atoms with van der Waals surface area (Å²) < 4.78 is 25.6. The number of carbonyl (C=O) groups is 1. The molecule has 1 aromatic heterocycles. The summed E-state index contributed by atoms with van der Waals surface area (Å²) in [5, 5.41) is 9.82. The minimum absolute atomic E-state index is 0.0630. The Bertz CT molecular complexity index is 584. The van der Waals surface area contributed by atoms with Crippen LogP contribution in [0.5, 0.6) is 0 Å². The first kappa shape index (κ1) is 18.0. The maximum absolute atomic E-state index is 12.3. The van der Waals surface area contributed by atoms with Crippen LogP contribution in [0.15, 0.2) is 4.34 Å². The molecule has 0 spiro atoms. The summed E-state index contributed by atoms with van der Waals surface area (Å²) in [6.07, 6.45) is 0.560. The van der Waals surface area contributed by atoms with Crippen LogP contribution in [0.3, 0.4) is 0 Å². The molecule has 1 aromatic rings. The van der Waals surface area contributed by atoms with Gasteiger partial charge in [-0.1, -0.05) is 25.2 Å². The molecule has 1 atom stereocenters. The van der Waals surface area contributed by atoms with E-state index >= 15 is 0 Å². The third-order valence-electron chi connectivity index (χ3n) is 2.95. The molecule has 0 radical (unpaired) electrons. The van der Waals surface area contributed by atoms with Gasteiger partial charge in [-0.15, -0.1) is 10.2 Å². The Morgan fingerprint density at radius 1 is 1.43 bits per heavy atom. The van der Waals surface area contributed by atoms with E-state index in [1.807, 2.05) is 13.8 Å². The lowest BCUT2D eigenvalue weighted by molar-refractivity contribution is -0.114. The topological polar surface area (TPSA) is 118 Å². The van der Waals surface area contributed by atoms with Crippen LogP contribution in [0, 0.1) is 5.92 Å². The molecule has 1 heterocycles. The Morgan fingerprint density at radius 3 is 2.57 bits per heavy atom. The molecule has 0 aliphatic rings. The average Bonchev–Trinajstić information content (AvgIpc) is 2.83. The quantitative estimate of drug-likeness (QED) is 0.700. The summed E-state index contributed by atoms with van der Waals surface area (Å²) >= 11 is 0.822. The van der Waals surface area contributed by atoms with E-state index in [-0.39, 0.29) is 27.3 Å². The standard InChI is InChI=1S/C11H21N5O3S2/c1-7(2)9(12)5-6-16(4)21(18,19)11-15-14-10(20-11)13-8(3)17/h7,9H,5-6,12H2,1-4H3,(H,13,14,17). The molecule has 0 aromatic carbocycles. The van der Waals surface area contributed by atoms with E-state index in [1.165, 1.54) is 18.3 Å². The largest absolute Gasteiger partial charge is 0.327 e. The van der Waals surface area contributed by atoms with Gasteiger partial charge in [0.15, 0.2) is 0 Å². The lowest BCUT2D eigenvalue weighted by atomic mass is 10.0. The molecule has 1 unspecified atom stereocenters. The number of amides is 1. The maximum Gasteiger partial charge on any atom is 0.272 e. The van der Waals surface area contributed by atoms with E-state index in [0.717, 1.165) is 11.3 Å². The van der Waals surface area contributed by atoms with Gasteiger partial charge in [0.05, 0.1) is 0 Å². The van der Waals surface area contributed by atoms with Gasteiger partial charge < -0.3 is 11.1 Å². The number of rotatable bonds is 7. The number of aromatic nitrogens is 2. The zero-order valence-corrected chi connectivity index (χ0v) is 14.2. The Kier molecular flexibility index (Phi) is 6.20. The van der Waals surface area contributed by atoms with Crippen molar-refractivity contribution in [2.45, 2.75) is 37.6 Å². The van der Waals surface area contributed by atoms with Crippen LogP contribution >= 0.6 is 11.3 Å². The number of nitrogens with zero attached hydrogens (tertiary/aromatic N) is 3. The molecule has 0 bridgehead atoms. The van der Waals surface area contributed by atoms with Gasteiger partial charge in [-0.2, -0.15) is 4.31 Å². The van der Waals surface area contributed by atoms with Gasteiger partial charge in [0.25, 0.3) is 10.0 Å². The monoisotopic (exact) mass is 335 g/mol. The highest BCUT2D eigenvalue weighted by atomic mass is 32.2. The summed E-state index contributed by atoms with van der Waals surface area (Å²) in [6.45, 7) is 5.60. The number of nitrogens with two attached hydrogens (primary N) is 1. The van der Waals surface area contributed by atoms with Gasteiger partial charge in [-0.05, 0) is 12.3 Å². The van der Waals surface area contributed by atoms with Crippen molar-refractivity contribution in [3.05, 3.63) is 0 Å². The van der Waals surface area contributed by atoms with Crippen LogP contribution in [0.2, 0.25) is 0 Å². The summed E-state index contributed by atoms with van der Waals surface area (Å²) in [5.41, 5.74) is 5.91. The second kappa shape index (κ2) is 7.25. The van der Waals surface area contributed by atoms with Crippen molar-refractivity contribution in [2.75, 3.05) is 18.9 Å². The van der Waals surface area contributed by atoms with Gasteiger partial charge >= 0.3 is 0 Å². The van der Waals surface area contributed by atoms with E-state index in [4.69, 9.17) is 5.73 Å². The Hall–Kier alpha value is -1.10. The second-order valence-electron chi connectivity index (χ2n) is 5.08. The fourth-order valence-electron chi connectivity index (χ4n) is 1.43. The second-order valence-corrected chi connectivity index (χ2v) is 8.27. The minimum Gasteiger partial charge on any atom is -0.327 e. The summed E-state index contributed by atoms with van der Waals surface area (Å²) in [6, 6.07) is -0.0630. The molecule has 0 aliphatic heterocycles. The first-order valence-electron chi connectivity index (χ1n) is 6.47. The molecule has 0 aliphatic carbocycles. The smallest absolute Gasteiger partial charge is 0.272 e. The van der Waals surface area contributed by atoms with Crippen LogP contribution in [0.1, 0.15) is 27.2 Å². The van der Waals surface area contributed by atoms with Gasteiger partial charge in [-0.3, -0.25) is 4.79 Å². The van der Waals surface area contributed by atoms with Crippen molar-refractivity contribution in [1.29, 1.82) is 0 Å². The molecule has 3 N–H and O–H groups in total. The van der Waals surface area contributed by atoms with E-state index in [9.17, 15) is 13.2 Å². The predicted molar refractivity (Wildman–Crippen MR) is 81.5 cm³/mol. The van der Waals surface area contributed by atoms with Gasteiger partial charge in [0.2, 0.25) is 15.4 Å². The zero-order valence-electron chi connectivity index (χ0n) is 12.5. The fourth-order valence-corrected chi connectivity index (χ4v) is 3.75. The molecule has 21 heavy (non-hydrogen) atoms. The van der Waals surface area contributed by atoms with Crippen molar-refractivity contribution < 1.29 is 13.2 Å². The van der Waals surface area contributed by atoms with Crippen molar-refractivity contribution >= 4 is 32.4 Å². The summed E-state index contributed by atoms with van der Waals surface area (Å²) in [7, 11) is -2.23. The SMILES string of the molecule is CC(=O)Nc1nnc(S(=O)(=O)N(C)CCC(N)C(C)C)s1. The van der Waals surface area contributed by atoms with E-state index in [1.54, 1.807) is 0 Å². The summed E-state index contributed by atoms with van der Waals surface area (Å²) in [4.78, 5) is 10.9. The third-order valence-corrected chi connectivity index (χ3v) is 6.00. The van der Waals surface area contributed by atoms with Gasteiger partial charge in [-0.25, -0.2) is 8.42 Å². The average molecular weight is 335 g/mol. The zero-order chi connectivity index (χ0) is 16.2. The van der Waals surface area contributed by atoms with Crippen LogP contribution in [-0.4, -0.2) is 48.5 Å². The molecule has 0 saturated heterocycles. The van der Waals surface area contributed by atoms with E-state index in [2.05, 4.69) is 15.5 Å². The number of hydrogen-bond acceptors (Lipinski definition) is 7. The maximum atomic E-state index is 12.3. The van der Waals surface area contributed by atoms with Gasteiger partial charge in [0, 0.05) is 26.6 Å². The fraction of sp³-hybridized carbons (Fsp3) is 0.727. The molecule has 0 saturated carbocycles. The molecule has 1 rings (SSSR count). The van der Waals surface area contributed by atoms with Crippen LogP contribution < -0.4 is 11.1 Å². The van der Waals surface area contributed by atoms with E-state index in [0.29, 0.717) is 13.0 Å². The summed E-state index contributed by atoms with van der Waals surface area (Å²) in [5.74, 6) is -0.0413. The molecule has 0 fully saturated rings. The molecular formula is C11H21N5O3S2. The normalized spacial score (nSPS) is 13.7. The van der Waals surface area contributed by atoms with Crippen LogP contribution in [-0.2, 0) is 14.8 Å². The Morgan fingerprint density at radius 2 is 2.05 bits per heavy atom. The van der Waals surface area contributed by atoms with Crippen molar-refractivity contribution in [2.24, 2.45) is 11.7 Å². The number of sulfonamides is 1. The molecule has 8 nitrogen and oxygen atoms in total. The predicted octanol–water partition coefficient (Wildman–Crippen LogP) is 0.490. The molecular weight excluding hydrogens is 314 g/mol. The highest BCUT2D eigenvalue weighted by Crippen LogP contribution is 2.22. The van der Waals surface area contributed by atoms with Crippen LogP contribution in [0.4, 0.5) is 5.13 Å². The highest BCUT2D eigenvalue weighted by molar-refractivity contribution is 7.91. The number of hydrogen-bond donors (Lipinski definition) is 2. The van der Waals surface area contributed by atoms with E-state index < -0.39 is 10.0 Å². The van der Waals surface area contributed by atoms with Gasteiger partial charge in [0.1, 0.15) is 0 Å². The van der Waals surface area contributed by atoms with Crippen molar-refractivity contribution in [3.8, 4) is 0 Å². The molecule has 10 heteroatoms. The highest BCUT2D eigenvalue weighted by Gasteiger charge is 2.26. The lowest BCUT2D eigenvalue weighted by Crippen LogP contribution is -2.34. The number of carbonyl (C=O) groups excluding carboxylic acids is 1. The van der Waals surface area contributed by atoms with Crippen molar-refractivity contribution in [3.63, 3.8) is 0 Å². The number of nitrogens with one attached hydrogen (secondary N) is 1. The first-order valence-corrected chi connectivity index (χ1v) is 8.73. The van der Waals surface area contributed by atoms with Crippen molar-refractivity contribution in [1.82, 2.24) is 14.5 Å². The molecule has 120 valence electrons. The third kappa shape index (κ3) is 4.99.